The Morgan fingerprint density at radius 3 is 2.73 bits per heavy atom. The Kier molecular flexibility index (Phi) is 5.22. The average Bonchev–Trinajstić information content (AvgIpc) is 2.66. The normalized spacial score (nSPS) is 15.2. The molecule has 1 aromatic rings. The van der Waals surface area contributed by atoms with Crippen LogP contribution in [0.15, 0.2) is 6.20 Å². The van der Waals surface area contributed by atoms with Gasteiger partial charge < -0.3 is 10.5 Å². The molecule has 0 aromatic carbocycles. The number of hydrogen-bond acceptors (Lipinski definition) is 4. The zero-order chi connectivity index (χ0) is 11.3. The standard InChI is InChI=1S/C11H20N2OS/c1-4-6-9(14-5-2)11-13-7-10(15-11)8(3)12/h7-9H,4-6,12H2,1-3H3. The van der Waals surface area contributed by atoms with Crippen LogP contribution in [-0.2, 0) is 4.74 Å². The van der Waals surface area contributed by atoms with Crippen molar-refractivity contribution >= 4 is 11.3 Å². The molecule has 2 atom stereocenters. The fourth-order valence-electron chi connectivity index (χ4n) is 1.40. The van der Waals surface area contributed by atoms with Gasteiger partial charge >= 0.3 is 0 Å². The lowest BCUT2D eigenvalue weighted by Gasteiger charge is -2.12. The molecular formula is C11H20N2OS. The lowest BCUT2D eigenvalue weighted by atomic mass is 10.2. The summed E-state index contributed by atoms with van der Waals surface area (Å²) in [5, 5.41) is 1.06. The Morgan fingerprint density at radius 1 is 1.53 bits per heavy atom. The summed E-state index contributed by atoms with van der Waals surface area (Å²) in [6.07, 6.45) is 4.15. The van der Waals surface area contributed by atoms with Gasteiger partial charge in [-0.15, -0.1) is 11.3 Å². The predicted octanol–water partition coefficient (Wildman–Crippen LogP) is 3.04. The molecule has 1 aromatic heterocycles. The van der Waals surface area contributed by atoms with Crippen LogP contribution in [0.25, 0.3) is 0 Å². The molecule has 0 bridgehead atoms. The minimum atomic E-state index is 0.0696. The molecule has 0 fully saturated rings. The van der Waals surface area contributed by atoms with Crippen LogP contribution in [-0.4, -0.2) is 11.6 Å². The van der Waals surface area contributed by atoms with E-state index < -0.39 is 0 Å². The topological polar surface area (TPSA) is 48.1 Å². The first-order valence-corrected chi connectivity index (χ1v) is 6.33. The molecule has 1 rings (SSSR count). The highest BCUT2D eigenvalue weighted by atomic mass is 32.1. The Morgan fingerprint density at radius 2 is 2.27 bits per heavy atom. The third-order valence-corrected chi connectivity index (χ3v) is 3.47. The minimum absolute atomic E-state index is 0.0696. The summed E-state index contributed by atoms with van der Waals surface area (Å²) in [4.78, 5) is 5.52. The highest BCUT2D eigenvalue weighted by molar-refractivity contribution is 7.11. The number of ether oxygens (including phenoxy) is 1. The number of nitrogens with zero attached hydrogens (tertiary/aromatic N) is 1. The fourth-order valence-corrected chi connectivity index (χ4v) is 2.36. The molecule has 2 unspecified atom stereocenters. The third kappa shape index (κ3) is 3.55. The molecule has 15 heavy (non-hydrogen) atoms. The Balaban J connectivity index is 2.72. The third-order valence-electron chi connectivity index (χ3n) is 2.18. The SMILES string of the molecule is CCCC(OCC)c1ncc(C(C)N)s1. The molecule has 0 saturated carbocycles. The van der Waals surface area contributed by atoms with E-state index in [-0.39, 0.29) is 12.1 Å². The zero-order valence-corrected chi connectivity index (χ0v) is 10.5. The summed E-state index contributed by atoms with van der Waals surface area (Å²) < 4.78 is 5.67. The van der Waals surface area contributed by atoms with Gasteiger partial charge in [-0.05, 0) is 20.3 Å². The fraction of sp³-hybridized carbons (Fsp3) is 0.727. The van der Waals surface area contributed by atoms with E-state index in [4.69, 9.17) is 10.5 Å². The lowest BCUT2D eigenvalue weighted by Crippen LogP contribution is -2.03. The number of rotatable bonds is 6. The van der Waals surface area contributed by atoms with Gasteiger partial charge in [-0.2, -0.15) is 0 Å². The van der Waals surface area contributed by atoms with Gasteiger partial charge in [-0.1, -0.05) is 13.3 Å². The highest BCUT2D eigenvalue weighted by Gasteiger charge is 2.15. The van der Waals surface area contributed by atoms with Crippen LogP contribution in [0.3, 0.4) is 0 Å². The van der Waals surface area contributed by atoms with Gasteiger partial charge in [0.1, 0.15) is 11.1 Å². The van der Waals surface area contributed by atoms with Gasteiger partial charge in [0.25, 0.3) is 0 Å². The van der Waals surface area contributed by atoms with E-state index >= 15 is 0 Å². The maximum Gasteiger partial charge on any atom is 0.122 e. The van der Waals surface area contributed by atoms with Crippen molar-refractivity contribution in [2.75, 3.05) is 6.61 Å². The van der Waals surface area contributed by atoms with Gasteiger partial charge in [0.2, 0.25) is 0 Å². The summed E-state index contributed by atoms with van der Waals surface area (Å²) >= 11 is 1.67. The van der Waals surface area contributed by atoms with E-state index in [9.17, 15) is 0 Å². The molecule has 1 heterocycles. The second kappa shape index (κ2) is 6.20. The first kappa shape index (κ1) is 12.6. The summed E-state index contributed by atoms with van der Waals surface area (Å²) in [5.74, 6) is 0. The van der Waals surface area contributed by atoms with Crippen molar-refractivity contribution < 1.29 is 4.74 Å². The van der Waals surface area contributed by atoms with Crippen molar-refractivity contribution in [2.45, 2.75) is 45.8 Å². The van der Waals surface area contributed by atoms with E-state index in [1.165, 1.54) is 0 Å². The number of hydrogen-bond donors (Lipinski definition) is 1. The van der Waals surface area contributed by atoms with Crippen LogP contribution in [0.2, 0.25) is 0 Å². The number of thiazole rings is 1. The summed E-state index contributed by atoms with van der Waals surface area (Å²) in [6, 6.07) is 0.0696. The summed E-state index contributed by atoms with van der Waals surface area (Å²) in [7, 11) is 0. The number of nitrogens with two attached hydrogens (primary N) is 1. The highest BCUT2D eigenvalue weighted by Crippen LogP contribution is 2.28. The summed E-state index contributed by atoms with van der Waals surface area (Å²) in [5.41, 5.74) is 5.80. The van der Waals surface area contributed by atoms with Gasteiger partial charge in [0.05, 0.1) is 0 Å². The van der Waals surface area contributed by atoms with Crippen LogP contribution in [0, 0.1) is 0 Å². The Labute approximate surface area is 95.7 Å². The first-order chi connectivity index (χ1) is 7.19. The summed E-state index contributed by atoms with van der Waals surface area (Å²) in [6.45, 7) is 6.89. The van der Waals surface area contributed by atoms with Crippen LogP contribution in [0.5, 0.6) is 0 Å². The molecular weight excluding hydrogens is 208 g/mol. The maximum atomic E-state index is 5.80. The smallest absolute Gasteiger partial charge is 0.122 e. The van der Waals surface area contributed by atoms with Crippen molar-refractivity contribution in [2.24, 2.45) is 5.73 Å². The van der Waals surface area contributed by atoms with Crippen LogP contribution in [0.4, 0.5) is 0 Å². The number of aromatic nitrogens is 1. The molecule has 0 aliphatic heterocycles. The second-order valence-corrected chi connectivity index (χ2v) is 4.72. The predicted molar refractivity (Wildman–Crippen MR) is 64.0 cm³/mol. The molecule has 0 radical (unpaired) electrons. The van der Waals surface area contributed by atoms with Crippen molar-refractivity contribution in [3.05, 3.63) is 16.1 Å². The van der Waals surface area contributed by atoms with E-state index in [1.807, 2.05) is 20.0 Å². The van der Waals surface area contributed by atoms with Crippen molar-refractivity contribution in [1.29, 1.82) is 0 Å². The van der Waals surface area contributed by atoms with E-state index in [2.05, 4.69) is 11.9 Å². The van der Waals surface area contributed by atoms with Crippen molar-refractivity contribution in [3.63, 3.8) is 0 Å². The van der Waals surface area contributed by atoms with Gasteiger partial charge in [-0.3, -0.25) is 0 Å². The molecule has 0 amide bonds. The van der Waals surface area contributed by atoms with Crippen molar-refractivity contribution in [3.8, 4) is 0 Å². The second-order valence-electron chi connectivity index (χ2n) is 3.62. The molecule has 2 N–H and O–H groups in total. The maximum absolute atomic E-state index is 5.80. The Hall–Kier alpha value is -0.450. The van der Waals surface area contributed by atoms with Gasteiger partial charge in [0, 0.05) is 23.7 Å². The van der Waals surface area contributed by atoms with Gasteiger partial charge in [0.15, 0.2) is 0 Å². The quantitative estimate of drug-likeness (QED) is 0.814. The lowest BCUT2D eigenvalue weighted by molar-refractivity contribution is 0.0555. The minimum Gasteiger partial charge on any atom is -0.371 e. The average molecular weight is 228 g/mol. The van der Waals surface area contributed by atoms with E-state index in [0.717, 1.165) is 29.3 Å². The zero-order valence-electron chi connectivity index (χ0n) is 9.69. The van der Waals surface area contributed by atoms with Gasteiger partial charge in [-0.25, -0.2) is 4.98 Å². The van der Waals surface area contributed by atoms with Crippen LogP contribution >= 0.6 is 11.3 Å². The van der Waals surface area contributed by atoms with Crippen molar-refractivity contribution in [1.82, 2.24) is 4.98 Å². The Bertz CT molecular complexity index is 280. The molecule has 4 heteroatoms. The molecule has 3 nitrogen and oxygen atoms in total. The van der Waals surface area contributed by atoms with E-state index in [0.29, 0.717) is 0 Å². The monoisotopic (exact) mass is 228 g/mol. The van der Waals surface area contributed by atoms with E-state index in [1.54, 1.807) is 11.3 Å². The first-order valence-electron chi connectivity index (χ1n) is 5.51. The van der Waals surface area contributed by atoms with Crippen LogP contribution < -0.4 is 5.73 Å². The molecule has 0 aliphatic rings. The molecule has 0 spiro atoms. The van der Waals surface area contributed by atoms with Crippen LogP contribution in [0.1, 0.15) is 55.6 Å². The molecule has 0 saturated heterocycles. The molecule has 0 aliphatic carbocycles. The largest absolute Gasteiger partial charge is 0.371 e. The molecule has 86 valence electrons.